The number of pyridine rings is 1. The van der Waals surface area contributed by atoms with E-state index in [0.29, 0.717) is 16.1 Å². The largest absolute Gasteiger partial charge is 0.360 e. The maximum absolute atomic E-state index is 13.9. The molecule has 0 amide bonds. The van der Waals surface area contributed by atoms with Crippen molar-refractivity contribution in [3.05, 3.63) is 69.6 Å². The highest BCUT2D eigenvalue weighted by atomic mass is 35.5. The first-order valence-corrected chi connectivity index (χ1v) is 7.07. The van der Waals surface area contributed by atoms with Gasteiger partial charge < -0.3 is 4.98 Å². The molecule has 2 heterocycles. The van der Waals surface area contributed by atoms with E-state index in [1.165, 1.54) is 6.20 Å². The van der Waals surface area contributed by atoms with Crippen LogP contribution in [-0.2, 0) is 0 Å². The SMILES string of the molecule is O=c1c2c[nH]c3ccc(Cl)cc3c-2nn1-c1cc(F)ccc1F. The summed E-state index contributed by atoms with van der Waals surface area (Å²) in [6, 6.07) is 7.99. The van der Waals surface area contributed by atoms with Crippen LogP contribution < -0.4 is 5.56 Å². The zero-order chi connectivity index (χ0) is 16.1. The lowest BCUT2D eigenvalue weighted by Gasteiger charge is -2.03. The molecular formula is C16H8ClF2N3O. The van der Waals surface area contributed by atoms with E-state index >= 15 is 0 Å². The minimum absolute atomic E-state index is 0.235. The van der Waals surface area contributed by atoms with Crippen molar-refractivity contribution in [1.82, 2.24) is 14.8 Å². The number of fused-ring (bicyclic) bond motifs is 3. The van der Waals surface area contributed by atoms with Gasteiger partial charge in [0.1, 0.15) is 23.0 Å². The highest BCUT2D eigenvalue weighted by molar-refractivity contribution is 6.31. The molecule has 0 unspecified atom stereocenters. The molecule has 0 saturated heterocycles. The number of hydrogen-bond acceptors (Lipinski definition) is 2. The van der Waals surface area contributed by atoms with E-state index in [2.05, 4.69) is 10.1 Å². The molecule has 7 heteroatoms. The van der Waals surface area contributed by atoms with Crippen molar-refractivity contribution >= 4 is 22.5 Å². The summed E-state index contributed by atoms with van der Waals surface area (Å²) in [6.45, 7) is 0. The third-order valence-corrected chi connectivity index (χ3v) is 3.86. The van der Waals surface area contributed by atoms with Crippen molar-refractivity contribution in [2.75, 3.05) is 0 Å². The maximum Gasteiger partial charge on any atom is 0.282 e. The fraction of sp³-hybridized carbons (Fsp3) is 0. The van der Waals surface area contributed by atoms with Crippen molar-refractivity contribution in [3.63, 3.8) is 0 Å². The summed E-state index contributed by atoms with van der Waals surface area (Å²) in [5.41, 5.74) is 0.591. The van der Waals surface area contributed by atoms with Crippen LogP contribution in [0.2, 0.25) is 5.02 Å². The Hall–Kier alpha value is -2.73. The minimum Gasteiger partial charge on any atom is -0.360 e. The topological polar surface area (TPSA) is 50.7 Å². The number of H-pyrrole nitrogens is 1. The molecule has 2 aromatic carbocycles. The summed E-state index contributed by atoms with van der Waals surface area (Å²) < 4.78 is 28.2. The second kappa shape index (κ2) is 4.89. The predicted molar refractivity (Wildman–Crippen MR) is 83.2 cm³/mol. The number of aromatic amines is 1. The van der Waals surface area contributed by atoms with Crippen LogP contribution in [-0.4, -0.2) is 14.8 Å². The van der Waals surface area contributed by atoms with Gasteiger partial charge in [0.15, 0.2) is 0 Å². The second-order valence-electron chi connectivity index (χ2n) is 5.05. The van der Waals surface area contributed by atoms with Crippen LogP contribution >= 0.6 is 11.6 Å². The average Bonchev–Trinajstić information content (AvgIpc) is 2.87. The number of benzene rings is 2. The van der Waals surface area contributed by atoms with Crippen LogP contribution in [0.4, 0.5) is 8.78 Å². The van der Waals surface area contributed by atoms with Crippen molar-refractivity contribution in [3.8, 4) is 16.9 Å². The molecule has 0 aromatic heterocycles. The summed E-state index contributed by atoms with van der Waals surface area (Å²) >= 11 is 5.99. The smallest absolute Gasteiger partial charge is 0.282 e. The van der Waals surface area contributed by atoms with E-state index in [4.69, 9.17) is 11.6 Å². The van der Waals surface area contributed by atoms with Crippen molar-refractivity contribution in [2.45, 2.75) is 0 Å². The van der Waals surface area contributed by atoms with Crippen LogP contribution in [0.15, 0.2) is 47.4 Å². The highest BCUT2D eigenvalue weighted by Gasteiger charge is 2.21. The first kappa shape index (κ1) is 13.9. The Morgan fingerprint density at radius 1 is 1.13 bits per heavy atom. The molecule has 0 atom stereocenters. The van der Waals surface area contributed by atoms with E-state index < -0.39 is 17.2 Å². The van der Waals surface area contributed by atoms with Gasteiger partial charge in [0.2, 0.25) is 0 Å². The van der Waals surface area contributed by atoms with Crippen LogP contribution in [0.3, 0.4) is 0 Å². The molecule has 4 nitrogen and oxygen atoms in total. The van der Waals surface area contributed by atoms with Crippen molar-refractivity contribution in [1.29, 1.82) is 0 Å². The molecule has 0 aliphatic carbocycles. The minimum atomic E-state index is -0.734. The second-order valence-corrected chi connectivity index (χ2v) is 5.49. The molecule has 2 aliphatic heterocycles. The third-order valence-electron chi connectivity index (χ3n) is 3.62. The predicted octanol–water partition coefficient (Wildman–Crippen LogP) is 3.75. The van der Waals surface area contributed by atoms with Gasteiger partial charge in [-0.25, -0.2) is 8.78 Å². The lowest BCUT2D eigenvalue weighted by molar-refractivity contribution is 0.585. The average molecular weight is 332 g/mol. The van der Waals surface area contributed by atoms with E-state index in [0.717, 1.165) is 28.4 Å². The first-order chi connectivity index (χ1) is 11.0. The number of nitrogens with one attached hydrogen (secondary N) is 1. The molecule has 2 aliphatic rings. The molecule has 0 saturated carbocycles. The number of hydrogen-bond donors (Lipinski definition) is 1. The summed E-state index contributed by atoms with van der Waals surface area (Å²) in [4.78, 5) is 15.5. The lowest BCUT2D eigenvalue weighted by atomic mass is 10.1. The Morgan fingerprint density at radius 3 is 2.78 bits per heavy atom. The normalized spacial score (nSPS) is 11.4. The van der Waals surface area contributed by atoms with E-state index in [1.807, 2.05) is 0 Å². The monoisotopic (exact) mass is 331 g/mol. The van der Waals surface area contributed by atoms with Crippen LogP contribution in [0, 0.1) is 11.6 Å². The standard InChI is InChI=1S/C16H8ClF2N3O/c17-8-1-4-13-10(5-8)15-11(7-20-13)16(23)22(21-15)14-6-9(18)2-3-12(14)19/h1-7,20H. The molecular weight excluding hydrogens is 324 g/mol. The number of halogens is 3. The molecule has 114 valence electrons. The van der Waals surface area contributed by atoms with E-state index in [-0.39, 0.29) is 11.3 Å². The van der Waals surface area contributed by atoms with E-state index in [9.17, 15) is 13.6 Å². The molecule has 0 radical (unpaired) electrons. The van der Waals surface area contributed by atoms with Gasteiger partial charge in [0, 0.05) is 28.2 Å². The van der Waals surface area contributed by atoms with Crippen LogP contribution in [0.1, 0.15) is 0 Å². The number of aromatic nitrogens is 3. The van der Waals surface area contributed by atoms with Gasteiger partial charge in [0.25, 0.3) is 5.56 Å². The number of rotatable bonds is 1. The van der Waals surface area contributed by atoms with Gasteiger partial charge in [-0.2, -0.15) is 9.78 Å². The van der Waals surface area contributed by atoms with Crippen LogP contribution in [0.25, 0.3) is 27.8 Å². The molecule has 0 fully saturated rings. The van der Waals surface area contributed by atoms with Gasteiger partial charge in [-0.15, -0.1) is 0 Å². The molecule has 2 aromatic rings. The first-order valence-electron chi connectivity index (χ1n) is 6.70. The Labute approximate surface area is 133 Å². The zero-order valence-corrected chi connectivity index (χ0v) is 12.2. The fourth-order valence-electron chi connectivity index (χ4n) is 2.54. The third kappa shape index (κ3) is 2.10. The van der Waals surface area contributed by atoms with Crippen molar-refractivity contribution in [2.24, 2.45) is 0 Å². The van der Waals surface area contributed by atoms with E-state index in [1.54, 1.807) is 18.2 Å². The lowest BCUT2D eigenvalue weighted by Crippen LogP contribution is -2.16. The Balaban J connectivity index is 2.09. The van der Waals surface area contributed by atoms with Crippen molar-refractivity contribution < 1.29 is 8.78 Å². The van der Waals surface area contributed by atoms with Gasteiger partial charge in [-0.3, -0.25) is 4.79 Å². The molecule has 0 spiro atoms. The zero-order valence-electron chi connectivity index (χ0n) is 11.5. The van der Waals surface area contributed by atoms with Gasteiger partial charge in [-0.05, 0) is 30.3 Å². The fourth-order valence-corrected chi connectivity index (χ4v) is 2.72. The highest BCUT2D eigenvalue weighted by Crippen LogP contribution is 2.28. The number of nitrogens with zero attached hydrogens (tertiary/aromatic N) is 2. The molecule has 23 heavy (non-hydrogen) atoms. The summed E-state index contributed by atoms with van der Waals surface area (Å²) in [5.74, 6) is -1.39. The van der Waals surface area contributed by atoms with Gasteiger partial charge in [-0.1, -0.05) is 11.6 Å². The molecule has 0 bridgehead atoms. The van der Waals surface area contributed by atoms with Gasteiger partial charge >= 0.3 is 0 Å². The Kier molecular flexibility index (Phi) is 2.96. The Bertz CT molecular complexity index is 1090. The summed E-state index contributed by atoms with van der Waals surface area (Å²) in [6.07, 6.45) is 1.49. The molecule has 4 rings (SSSR count). The van der Waals surface area contributed by atoms with Gasteiger partial charge in [0.05, 0.1) is 5.56 Å². The van der Waals surface area contributed by atoms with Crippen LogP contribution in [0.5, 0.6) is 0 Å². The Morgan fingerprint density at radius 2 is 1.96 bits per heavy atom. The summed E-state index contributed by atoms with van der Waals surface area (Å²) in [5, 5.41) is 5.28. The molecule has 1 N–H and O–H groups in total. The summed E-state index contributed by atoms with van der Waals surface area (Å²) in [7, 11) is 0. The quantitative estimate of drug-likeness (QED) is 0.577. The maximum atomic E-state index is 13.9.